The van der Waals surface area contributed by atoms with Gasteiger partial charge >= 0.3 is 0 Å². The Balaban J connectivity index is 1.88. The molecule has 120 valence electrons. The first-order valence-corrected chi connectivity index (χ1v) is 8.55. The number of benzene rings is 2. The van der Waals surface area contributed by atoms with Crippen LogP contribution in [0.2, 0.25) is 5.02 Å². The van der Waals surface area contributed by atoms with Crippen molar-refractivity contribution in [3.8, 4) is 0 Å². The summed E-state index contributed by atoms with van der Waals surface area (Å²) in [4.78, 5) is 17.6. The van der Waals surface area contributed by atoms with Crippen LogP contribution in [0.4, 0.5) is 10.8 Å². The standard InChI is InChI=1S/C17H13ClN4OS/c1-9-4-3-5-10(2)14(9)20-16-21-22-15(23)12-7-6-11(18)8-13(12)19-17(22)24-16/h3-8H,1-2H3,(H,20,21). The van der Waals surface area contributed by atoms with Gasteiger partial charge in [-0.1, -0.05) is 41.1 Å². The molecule has 24 heavy (non-hydrogen) atoms. The van der Waals surface area contributed by atoms with E-state index in [1.54, 1.807) is 18.2 Å². The van der Waals surface area contributed by atoms with Crippen molar-refractivity contribution in [2.24, 2.45) is 0 Å². The van der Waals surface area contributed by atoms with Crippen molar-refractivity contribution < 1.29 is 0 Å². The highest BCUT2D eigenvalue weighted by atomic mass is 35.5. The van der Waals surface area contributed by atoms with Gasteiger partial charge in [0.2, 0.25) is 10.1 Å². The molecule has 5 nitrogen and oxygen atoms in total. The molecule has 2 aromatic carbocycles. The molecule has 0 aliphatic carbocycles. The predicted molar refractivity (Wildman–Crippen MR) is 98.8 cm³/mol. The number of hydrogen-bond donors (Lipinski definition) is 1. The predicted octanol–water partition coefficient (Wildman–Crippen LogP) is 4.32. The average Bonchev–Trinajstić information content (AvgIpc) is 2.94. The van der Waals surface area contributed by atoms with Gasteiger partial charge in [0.25, 0.3) is 5.56 Å². The number of para-hydroxylation sites is 1. The minimum absolute atomic E-state index is 0.197. The van der Waals surface area contributed by atoms with Crippen LogP contribution in [0.15, 0.2) is 41.2 Å². The molecular weight excluding hydrogens is 344 g/mol. The summed E-state index contributed by atoms with van der Waals surface area (Å²) in [5.41, 5.74) is 3.61. The third-order valence-corrected chi connectivity index (χ3v) is 4.93. The first kappa shape index (κ1) is 15.1. The molecule has 0 aliphatic rings. The van der Waals surface area contributed by atoms with Gasteiger partial charge in [0, 0.05) is 10.7 Å². The minimum atomic E-state index is -0.197. The monoisotopic (exact) mass is 356 g/mol. The van der Waals surface area contributed by atoms with Crippen LogP contribution in [0.1, 0.15) is 11.1 Å². The molecular formula is C17H13ClN4OS. The van der Waals surface area contributed by atoms with E-state index in [1.165, 1.54) is 15.9 Å². The lowest BCUT2D eigenvalue weighted by atomic mass is 10.1. The molecule has 2 heterocycles. The third kappa shape index (κ3) is 2.44. The lowest BCUT2D eigenvalue weighted by Crippen LogP contribution is -2.15. The molecule has 0 bridgehead atoms. The largest absolute Gasteiger partial charge is 0.330 e. The van der Waals surface area contributed by atoms with Crippen molar-refractivity contribution in [1.82, 2.24) is 14.6 Å². The van der Waals surface area contributed by atoms with E-state index >= 15 is 0 Å². The molecule has 1 N–H and O–H groups in total. The van der Waals surface area contributed by atoms with E-state index in [0.29, 0.717) is 26.0 Å². The van der Waals surface area contributed by atoms with Crippen LogP contribution in [0.3, 0.4) is 0 Å². The van der Waals surface area contributed by atoms with Gasteiger partial charge in [-0.2, -0.15) is 4.52 Å². The van der Waals surface area contributed by atoms with Crippen molar-refractivity contribution in [3.63, 3.8) is 0 Å². The van der Waals surface area contributed by atoms with E-state index in [2.05, 4.69) is 15.4 Å². The highest BCUT2D eigenvalue weighted by Crippen LogP contribution is 2.27. The van der Waals surface area contributed by atoms with Crippen LogP contribution in [0.5, 0.6) is 0 Å². The number of aryl methyl sites for hydroxylation is 2. The molecule has 4 aromatic rings. The molecule has 0 amide bonds. The average molecular weight is 357 g/mol. The maximum Gasteiger partial charge on any atom is 0.283 e. The van der Waals surface area contributed by atoms with Crippen LogP contribution < -0.4 is 10.9 Å². The van der Waals surface area contributed by atoms with Crippen molar-refractivity contribution in [2.75, 3.05) is 5.32 Å². The number of nitrogens with zero attached hydrogens (tertiary/aromatic N) is 3. The van der Waals surface area contributed by atoms with E-state index < -0.39 is 0 Å². The zero-order valence-electron chi connectivity index (χ0n) is 13.0. The molecule has 0 radical (unpaired) electrons. The van der Waals surface area contributed by atoms with Gasteiger partial charge in [-0.05, 0) is 43.2 Å². The molecule has 0 fully saturated rings. The molecule has 4 rings (SSSR count). The Labute approximate surface area is 146 Å². The highest BCUT2D eigenvalue weighted by molar-refractivity contribution is 7.20. The third-order valence-electron chi connectivity index (χ3n) is 3.87. The molecule has 7 heteroatoms. The molecule has 0 unspecified atom stereocenters. The molecule has 0 spiro atoms. The zero-order valence-corrected chi connectivity index (χ0v) is 14.6. The van der Waals surface area contributed by atoms with E-state index in [4.69, 9.17) is 11.6 Å². The van der Waals surface area contributed by atoms with Gasteiger partial charge in [0.15, 0.2) is 0 Å². The van der Waals surface area contributed by atoms with Crippen molar-refractivity contribution in [3.05, 3.63) is 62.9 Å². The van der Waals surface area contributed by atoms with E-state index in [0.717, 1.165) is 16.8 Å². The second-order valence-electron chi connectivity index (χ2n) is 5.57. The maximum absolute atomic E-state index is 12.6. The molecule has 0 atom stereocenters. The first-order valence-electron chi connectivity index (χ1n) is 7.35. The Hall–Kier alpha value is -2.44. The topological polar surface area (TPSA) is 59.3 Å². The molecule has 0 aliphatic heterocycles. The summed E-state index contributed by atoms with van der Waals surface area (Å²) in [6.45, 7) is 4.06. The van der Waals surface area contributed by atoms with Crippen molar-refractivity contribution in [1.29, 1.82) is 0 Å². The van der Waals surface area contributed by atoms with Gasteiger partial charge in [-0.25, -0.2) is 4.98 Å². The number of aromatic nitrogens is 3. The van der Waals surface area contributed by atoms with Crippen LogP contribution in [0.25, 0.3) is 15.9 Å². The molecule has 0 saturated carbocycles. The van der Waals surface area contributed by atoms with Gasteiger partial charge in [0.05, 0.1) is 10.9 Å². The lowest BCUT2D eigenvalue weighted by molar-refractivity contribution is 0.919. The van der Waals surface area contributed by atoms with Gasteiger partial charge in [-0.15, -0.1) is 5.10 Å². The van der Waals surface area contributed by atoms with Crippen molar-refractivity contribution in [2.45, 2.75) is 13.8 Å². The van der Waals surface area contributed by atoms with Crippen LogP contribution in [-0.2, 0) is 0 Å². The Morgan fingerprint density at radius 1 is 1.17 bits per heavy atom. The summed E-state index contributed by atoms with van der Waals surface area (Å²) in [5.74, 6) is 0. The summed E-state index contributed by atoms with van der Waals surface area (Å²) in [5, 5.41) is 9.36. The lowest BCUT2D eigenvalue weighted by Gasteiger charge is -2.09. The first-order chi connectivity index (χ1) is 11.5. The molecule has 0 saturated heterocycles. The van der Waals surface area contributed by atoms with E-state index in [9.17, 15) is 4.79 Å². The van der Waals surface area contributed by atoms with E-state index in [1.807, 2.05) is 32.0 Å². The Morgan fingerprint density at radius 3 is 2.67 bits per heavy atom. The summed E-state index contributed by atoms with van der Waals surface area (Å²) < 4.78 is 1.33. The molecule has 2 aromatic heterocycles. The summed E-state index contributed by atoms with van der Waals surface area (Å²) in [6, 6.07) is 11.1. The number of anilines is 2. The number of nitrogens with one attached hydrogen (secondary N) is 1. The van der Waals surface area contributed by atoms with Crippen LogP contribution >= 0.6 is 22.9 Å². The smallest absolute Gasteiger partial charge is 0.283 e. The fraction of sp³-hybridized carbons (Fsp3) is 0.118. The second-order valence-corrected chi connectivity index (χ2v) is 6.96. The Bertz CT molecular complexity index is 1130. The Kier molecular flexibility index (Phi) is 3.51. The van der Waals surface area contributed by atoms with Crippen molar-refractivity contribution >= 4 is 49.6 Å². The summed E-state index contributed by atoms with van der Waals surface area (Å²) >= 11 is 7.33. The van der Waals surface area contributed by atoms with Crippen LogP contribution in [-0.4, -0.2) is 14.6 Å². The maximum atomic E-state index is 12.6. The van der Waals surface area contributed by atoms with Gasteiger partial charge < -0.3 is 5.32 Å². The summed E-state index contributed by atoms with van der Waals surface area (Å²) in [6.07, 6.45) is 0. The number of rotatable bonds is 2. The fourth-order valence-corrected chi connectivity index (χ4v) is 3.62. The normalized spacial score (nSPS) is 11.3. The minimum Gasteiger partial charge on any atom is -0.330 e. The van der Waals surface area contributed by atoms with Gasteiger partial charge in [0.1, 0.15) is 0 Å². The number of hydrogen-bond acceptors (Lipinski definition) is 5. The fourth-order valence-electron chi connectivity index (χ4n) is 2.65. The van der Waals surface area contributed by atoms with Gasteiger partial charge in [-0.3, -0.25) is 4.79 Å². The Morgan fingerprint density at radius 2 is 1.92 bits per heavy atom. The van der Waals surface area contributed by atoms with E-state index in [-0.39, 0.29) is 5.56 Å². The second kappa shape index (κ2) is 5.58. The zero-order chi connectivity index (χ0) is 16.8. The highest BCUT2D eigenvalue weighted by Gasteiger charge is 2.12. The SMILES string of the molecule is Cc1cccc(C)c1Nc1nn2c(=O)c3ccc(Cl)cc3nc2s1. The van der Waals surface area contributed by atoms with Crippen LogP contribution in [0, 0.1) is 13.8 Å². The summed E-state index contributed by atoms with van der Waals surface area (Å²) in [7, 11) is 0. The number of fused-ring (bicyclic) bond motifs is 2. The quantitative estimate of drug-likeness (QED) is 0.581. The number of halogens is 1.